The number of nitrogens with one attached hydrogen (secondary N) is 1. The third kappa shape index (κ3) is 4.02. The molecule has 1 N–H and O–H groups in total. The van der Waals surface area contributed by atoms with E-state index >= 15 is 0 Å². The fourth-order valence-electron chi connectivity index (χ4n) is 2.51. The highest BCUT2D eigenvalue weighted by Crippen LogP contribution is 2.19. The average molecular weight is 373 g/mol. The first-order valence-corrected chi connectivity index (χ1v) is 9.61. The van der Waals surface area contributed by atoms with Gasteiger partial charge in [0.1, 0.15) is 11.5 Å². The number of nitrogens with zero attached hydrogens (tertiary/aromatic N) is 2. The van der Waals surface area contributed by atoms with Gasteiger partial charge in [0.05, 0.1) is 22.5 Å². The summed E-state index contributed by atoms with van der Waals surface area (Å²) in [7, 11) is -3.59. The molecular formula is C18H16FN3O3S. The van der Waals surface area contributed by atoms with Gasteiger partial charge in [-0.15, -0.1) is 0 Å². The van der Waals surface area contributed by atoms with Crippen molar-refractivity contribution in [2.75, 3.05) is 10.5 Å². The van der Waals surface area contributed by atoms with Gasteiger partial charge >= 0.3 is 0 Å². The largest absolute Gasteiger partial charge is 0.287 e. The number of sulfonamides is 1. The number of hydrogen-bond acceptors (Lipinski definition) is 5. The number of anilines is 1. The Hall–Kier alpha value is -2.87. The van der Waals surface area contributed by atoms with Crippen LogP contribution in [0.1, 0.15) is 29.4 Å². The first kappa shape index (κ1) is 17.9. The van der Waals surface area contributed by atoms with E-state index in [2.05, 4.69) is 14.7 Å². The summed E-state index contributed by atoms with van der Waals surface area (Å²) in [4.78, 5) is 21.0. The number of rotatable bonds is 6. The van der Waals surface area contributed by atoms with Gasteiger partial charge in [-0.25, -0.2) is 17.8 Å². The molecule has 0 fully saturated rings. The lowest BCUT2D eigenvalue weighted by Gasteiger charge is -2.09. The van der Waals surface area contributed by atoms with E-state index in [0.717, 1.165) is 12.1 Å². The maximum absolute atomic E-state index is 13.9. The molecule has 0 bridgehead atoms. The molecule has 0 spiro atoms. The van der Waals surface area contributed by atoms with Crippen LogP contribution in [-0.2, 0) is 10.0 Å². The predicted molar refractivity (Wildman–Crippen MR) is 97.1 cm³/mol. The number of pyridine rings is 2. The lowest BCUT2D eigenvalue weighted by Crippen LogP contribution is -2.16. The van der Waals surface area contributed by atoms with Crippen molar-refractivity contribution in [3.8, 4) is 0 Å². The minimum atomic E-state index is -3.59. The van der Waals surface area contributed by atoms with Crippen molar-refractivity contribution >= 4 is 32.5 Å². The van der Waals surface area contributed by atoms with E-state index in [-0.39, 0.29) is 22.7 Å². The number of ketones is 1. The summed E-state index contributed by atoms with van der Waals surface area (Å²) in [6.07, 6.45) is 2.04. The Morgan fingerprint density at radius 3 is 2.73 bits per heavy atom. The first-order chi connectivity index (χ1) is 12.4. The molecule has 0 unspecified atom stereocenters. The quantitative estimate of drug-likeness (QED) is 0.671. The van der Waals surface area contributed by atoms with Gasteiger partial charge in [-0.2, -0.15) is 0 Å². The van der Waals surface area contributed by atoms with Crippen LogP contribution >= 0.6 is 0 Å². The molecule has 26 heavy (non-hydrogen) atoms. The van der Waals surface area contributed by atoms with Crippen LogP contribution in [0.15, 0.2) is 48.7 Å². The van der Waals surface area contributed by atoms with Gasteiger partial charge in [-0.3, -0.25) is 14.5 Å². The Balaban J connectivity index is 1.96. The molecule has 0 aliphatic rings. The molecule has 0 aliphatic heterocycles. The van der Waals surface area contributed by atoms with E-state index in [1.54, 1.807) is 31.3 Å². The molecule has 2 heterocycles. The molecule has 2 aromatic heterocycles. The van der Waals surface area contributed by atoms with Crippen LogP contribution < -0.4 is 4.72 Å². The highest BCUT2D eigenvalue weighted by atomic mass is 32.2. The van der Waals surface area contributed by atoms with Gasteiger partial charge in [-0.1, -0.05) is 6.92 Å². The SMILES string of the molecule is CCCS(=O)(=O)Nc1cc(F)cc(C(=O)c2ccc3ncccc3n2)c1. The van der Waals surface area contributed by atoms with Crippen molar-refractivity contribution in [2.45, 2.75) is 13.3 Å². The predicted octanol–water partition coefficient (Wildman–Crippen LogP) is 3.15. The lowest BCUT2D eigenvalue weighted by molar-refractivity contribution is 0.103. The molecule has 134 valence electrons. The smallest absolute Gasteiger partial charge is 0.232 e. The fourth-order valence-corrected chi connectivity index (χ4v) is 3.63. The molecule has 8 heteroatoms. The Morgan fingerprint density at radius 1 is 1.15 bits per heavy atom. The number of aromatic nitrogens is 2. The Bertz CT molecular complexity index is 1080. The summed E-state index contributed by atoms with van der Waals surface area (Å²) < 4.78 is 39.9. The standard InChI is InChI=1S/C18H16FN3O3S/c1-2-8-26(24,25)22-14-10-12(9-13(19)11-14)18(23)17-6-5-15-16(21-17)4-3-7-20-15/h3-7,9-11,22H,2,8H2,1H3. The highest BCUT2D eigenvalue weighted by molar-refractivity contribution is 7.92. The minimum Gasteiger partial charge on any atom is -0.287 e. The zero-order valence-corrected chi connectivity index (χ0v) is 14.8. The zero-order chi connectivity index (χ0) is 18.7. The number of carbonyl (C=O) groups is 1. The Kier molecular flexibility index (Phi) is 4.94. The summed E-state index contributed by atoms with van der Waals surface area (Å²) in [6.45, 7) is 1.72. The number of hydrogen-bond donors (Lipinski definition) is 1. The van der Waals surface area contributed by atoms with Crippen molar-refractivity contribution in [1.29, 1.82) is 0 Å². The molecule has 3 rings (SSSR count). The van der Waals surface area contributed by atoms with E-state index < -0.39 is 21.6 Å². The molecule has 3 aromatic rings. The summed E-state index contributed by atoms with van der Waals surface area (Å²) in [5.74, 6) is -1.31. The maximum atomic E-state index is 13.9. The van der Waals surface area contributed by atoms with Crippen molar-refractivity contribution in [3.63, 3.8) is 0 Å². The van der Waals surface area contributed by atoms with Crippen molar-refractivity contribution < 1.29 is 17.6 Å². The van der Waals surface area contributed by atoms with Crippen LogP contribution in [0.4, 0.5) is 10.1 Å². The summed E-state index contributed by atoms with van der Waals surface area (Å²) >= 11 is 0. The van der Waals surface area contributed by atoms with Crippen LogP contribution in [0.3, 0.4) is 0 Å². The molecular weight excluding hydrogens is 357 g/mol. The Morgan fingerprint density at radius 2 is 1.96 bits per heavy atom. The molecule has 0 saturated heterocycles. The summed E-state index contributed by atoms with van der Waals surface area (Å²) in [5.41, 5.74) is 1.31. The van der Waals surface area contributed by atoms with E-state index in [9.17, 15) is 17.6 Å². The van der Waals surface area contributed by atoms with Gasteiger partial charge in [0.25, 0.3) is 0 Å². The number of halogens is 1. The summed E-state index contributed by atoms with van der Waals surface area (Å²) in [5, 5.41) is 0. The number of benzene rings is 1. The van der Waals surface area contributed by atoms with Crippen molar-refractivity contribution in [2.24, 2.45) is 0 Å². The van der Waals surface area contributed by atoms with Gasteiger partial charge in [-0.05, 0) is 48.9 Å². The molecule has 0 saturated carbocycles. The molecule has 6 nitrogen and oxygen atoms in total. The van der Waals surface area contributed by atoms with E-state index in [4.69, 9.17) is 0 Å². The third-order valence-corrected chi connectivity index (χ3v) is 5.09. The van der Waals surface area contributed by atoms with Crippen LogP contribution in [0, 0.1) is 5.82 Å². The zero-order valence-electron chi connectivity index (χ0n) is 13.9. The normalized spacial score (nSPS) is 11.5. The maximum Gasteiger partial charge on any atom is 0.232 e. The van der Waals surface area contributed by atoms with Crippen LogP contribution in [0.5, 0.6) is 0 Å². The van der Waals surface area contributed by atoms with E-state index in [1.807, 2.05) is 0 Å². The Labute approximate surface area is 150 Å². The first-order valence-electron chi connectivity index (χ1n) is 7.95. The monoisotopic (exact) mass is 373 g/mol. The second-order valence-corrected chi connectivity index (χ2v) is 7.56. The average Bonchev–Trinajstić information content (AvgIpc) is 2.59. The molecule has 1 aromatic carbocycles. The van der Waals surface area contributed by atoms with Gasteiger partial charge in [0, 0.05) is 11.8 Å². The number of carbonyl (C=O) groups excluding carboxylic acids is 1. The van der Waals surface area contributed by atoms with Crippen molar-refractivity contribution in [1.82, 2.24) is 9.97 Å². The van der Waals surface area contributed by atoms with Gasteiger partial charge < -0.3 is 0 Å². The van der Waals surface area contributed by atoms with Gasteiger partial charge in [0.15, 0.2) is 0 Å². The van der Waals surface area contributed by atoms with E-state index in [1.165, 1.54) is 12.1 Å². The van der Waals surface area contributed by atoms with Crippen LogP contribution in [0.25, 0.3) is 11.0 Å². The summed E-state index contributed by atoms with van der Waals surface area (Å²) in [6, 6.07) is 9.95. The van der Waals surface area contributed by atoms with Crippen molar-refractivity contribution in [3.05, 3.63) is 65.7 Å². The highest BCUT2D eigenvalue weighted by Gasteiger charge is 2.16. The molecule has 0 aliphatic carbocycles. The molecule has 0 radical (unpaired) electrons. The van der Waals surface area contributed by atoms with Crippen LogP contribution in [-0.4, -0.2) is 29.9 Å². The minimum absolute atomic E-state index is 0.00394. The second kappa shape index (κ2) is 7.17. The molecule has 0 amide bonds. The fraction of sp³-hybridized carbons (Fsp3) is 0.167. The van der Waals surface area contributed by atoms with Gasteiger partial charge in [0.2, 0.25) is 15.8 Å². The molecule has 0 atom stereocenters. The second-order valence-electron chi connectivity index (χ2n) is 5.72. The topological polar surface area (TPSA) is 89.0 Å². The number of fused-ring (bicyclic) bond motifs is 1. The van der Waals surface area contributed by atoms with Crippen LogP contribution in [0.2, 0.25) is 0 Å². The third-order valence-electron chi connectivity index (χ3n) is 3.60. The lowest BCUT2D eigenvalue weighted by atomic mass is 10.1. The van der Waals surface area contributed by atoms with E-state index in [0.29, 0.717) is 17.5 Å².